The molecule has 2 aromatic carbocycles. The zero-order valence-electron chi connectivity index (χ0n) is 19.0. The van der Waals surface area contributed by atoms with Gasteiger partial charge in [0.05, 0.1) is 29.9 Å². The van der Waals surface area contributed by atoms with Crippen LogP contribution in [-0.2, 0) is 16.0 Å². The Morgan fingerprint density at radius 3 is 2.64 bits per heavy atom. The molecule has 1 aliphatic heterocycles. The van der Waals surface area contributed by atoms with Crippen molar-refractivity contribution in [3.05, 3.63) is 48.0 Å². The molecule has 1 aliphatic rings. The lowest BCUT2D eigenvalue weighted by molar-refractivity contribution is -0.118. The fourth-order valence-corrected chi connectivity index (χ4v) is 6.05. The summed E-state index contributed by atoms with van der Waals surface area (Å²) >= 11 is 5.11. The number of thiazole rings is 1. The largest absolute Gasteiger partial charge is 0.379 e. The molecule has 1 amide bonds. The SMILES string of the molecule is CCSc1ccc(CC(=O)N(CCN2CCOCC2)c2nc3c(SC)cccc3s2)cc1.Cl. The van der Waals surface area contributed by atoms with Gasteiger partial charge in [0.2, 0.25) is 5.91 Å². The lowest BCUT2D eigenvalue weighted by Crippen LogP contribution is -2.43. The van der Waals surface area contributed by atoms with Crippen LogP contribution in [0.4, 0.5) is 5.13 Å². The molecular formula is C24H30ClN3O2S3. The predicted octanol–water partition coefficient (Wildman–Crippen LogP) is 5.46. The van der Waals surface area contributed by atoms with Crippen molar-refractivity contribution in [2.24, 2.45) is 0 Å². The quantitative estimate of drug-likeness (QED) is 0.347. The molecule has 0 saturated carbocycles. The molecule has 0 radical (unpaired) electrons. The molecule has 1 fully saturated rings. The number of aromatic nitrogens is 1. The van der Waals surface area contributed by atoms with Crippen molar-refractivity contribution in [2.45, 2.75) is 23.1 Å². The molecule has 9 heteroatoms. The minimum absolute atomic E-state index is 0. The molecule has 0 unspecified atom stereocenters. The predicted molar refractivity (Wildman–Crippen MR) is 145 cm³/mol. The smallest absolute Gasteiger partial charge is 0.233 e. The van der Waals surface area contributed by atoms with Gasteiger partial charge in [-0.3, -0.25) is 14.6 Å². The first kappa shape index (κ1) is 26.3. The normalized spacial score (nSPS) is 14.2. The van der Waals surface area contributed by atoms with Crippen molar-refractivity contribution in [1.29, 1.82) is 0 Å². The van der Waals surface area contributed by atoms with Crippen molar-refractivity contribution >= 4 is 68.5 Å². The summed E-state index contributed by atoms with van der Waals surface area (Å²) < 4.78 is 6.60. The number of fused-ring (bicyclic) bond motifs is 1. The summed E-state index contributed by atoms with van der Waals surface area (Å²) in [6, 6.07) is 14.6. The van der Waals surface area contributed by atoms with Crippen LogP contribution in [0.15, 0.2) is 52.3 Å². The van der Waals surface area contributed by atoms with Gasteiger partial charge in [-0.1, -0.05) is 36.5 Å². The number of rotatable bonds is 9. The maximum Gasteiger partial charge on any atom is 0.233 e. The Morgan fingerprint density at radius 1 is 1.18 bits per heavy atom. The highest BCUT2D eigenvalue weighted by Gasteiger charge is 2.22. The summed E-state index contributed by atoms with van der Waals surface area (Å²) in [5.74, 6) is 1.14. The Balaban J connectivity index is 0.00000306. The van der Waals surface area contributed by atoms with Crippen LogP contribution in [0.2, 0.25) is 0 Å². The third kappa shape index (κ3) is 6.87. The molecule has 33 heavy (non-hydrogen) atoms. The van der Waals surface area contributed by atoms with Crippen molar-refractivity contribution < 1.29 is 9.53 Å². The molecule has 0 aliphatic carbocycles. The van der Waals surface area contributed by atoms with Crippen LogP contribution in [0.25, 0.3) is 10.2 Å². The topological polar surface area (TPSA) is 45.7 Å². The van der Waals surface area contributed by atoms with Crippen LogP contribution in [0.3, 0.4) is 0 Å². The molecule has 3 aromatic rings. The van der Waals surface area contributed by atoms with Gasteiger partial charge in [-0.25, -0.2) is 4.98 Å². The van der Waals surface area contributed by atoms with Crippen molar-refractivity contribution in [3.8, 4) is 0 Å². The lowest BCUT2D eigenvalue weighted by atomic mass is 10.1. The molecule has 0 N–H and O–H groups in total. The van der Waals surface area contributed by atoms with Gasteiger partial charge in [0.25, 0.3) is 0 Å². The maximum absolute atomic E-state index is 13.5. The minimum atomic E-state index is 0. The van der Waals surface area contributed by atoms with Crippen LogP contribution in [0.1, 0.15) is 12.5 Å². The zero-order chi connectivity index (χ0) is 22.3. The highest BCUT2D eigenvalue weighted by Crippen LogP contribution is 2.34. The van der Waals surface area contributed by atoms with Gasteiger partial charge in [0.1, 0.15) is 0 Å². The summed E-state index contributed by atoms with van der Waals surface area (Å²) in [5.41, 5.74) is 2.03. The van der Waals surface area contributed by atoms with Gasteiger partial charge in [-0.05, 0) is 41.8 Å². The zero-order valence-corrected chi connectivity index (χ0v) is 22.3. The van der Waals surface area contributed by atoms with E-state index in [1.807, 2.05) is 16.7 Å². The molecule has 0 bridgehead atoms. The van der Waals surface area contributed by atoms with E-state index in [1.165, 1.54) is 4.90 Å². The number of nitrogens with zero attached hydrogens (tertiary/aromatic N) is 3. The molecule has 178 valence electrons. The first-order chi connectivity index (χ1) is 15.7. The number of amides is 1. The fraction of sp³-hybridized carbons (Fsp3) is 0.417. The third-order valence-corrected chi connectivity index (χ3v) is 8.16. The van der Waals surface area contributed by atoms with Crippen LogP contribution in [0, 0.1) is 0 Å². The molecular weight excluding hydrogens is 494 g/mol. The summed E-state index contributed by atoms with van der Waals surface area (Å²) in [5, 5.41) is 0.790. The summed E-state index contributed by atoms with van der Waals surface area (Å²) in [7, 11) is 0. The highest BCUT2D eigenvalue weighted by atomic mass is 35.5. The lowest BCUT2D eigenvalue weighted by Gasteiger charge is -2.29. The van der Waals surface area contributed by atoms with Crippen LogP contribution in [-0.4, -0.2) is 67.2 Å². The molecule has 2 heterocycles. The third-order valence-electron chi connectivity index (χ3n) is 5.46. The number of carbonyl (C=O) groups excluding carboxylic acids is 1. The Labute approximate surface area is 214 Å². The van der Waals surface area contributed by atoms with E-state index in [0.717, 1.165) is 64.4 Å². The molecule has 1 aromatic heterocycles. The Kier molecular flexibility index (Phi) is 10.3. The first-order valence-electron chi connectivity index (χ1n) is 10.9. The summed E-state index contributed by atoms with van der Waals surface area (Å²) in [4.78, 5) is 25.0. The second-order valence-corrected chi connectivity index (χ2v) is 10.8. The van der Waals surface area contributed by atoms with Gasteiger partial charge in [-0.2, -0.15) is 0 Å². The standard InChI is InChI=1S/C24H29N3O2S3.ClH/c1-3-31-19-9-7-18(8-10-19)17-22(28)27(12-11-26-13-15-29-16-14-26)24-25-23-20(30-2)5-4-6-21(23)32-24;/h4-10H,3,11-17H2,1-2H3;1H. The van der Waals surface area contributed by atoms with E-state index in [4.69, 9.17) is 9.72 Å². The first-order valence-corrected chi connectivity index (χ1v) is 14.0. The number of ether oxygens (including phenoxy) is 1. The van der Waals surface area contributed by atoms with Crippen LogP contribution in [0.5, 0.6) is 0 Å². The number of halogens is 1. The fourth-order valence-electron chi connectivity index (χ4n) is 3.73. The van der Waals surface area contributed by atoms with Gasteiger partial charge in [0.15, 0.2) is 5.13 Å². The van der Waals surface area contributed by atoms with Crippen molar-refractivity contribution in [1.82, 2.24) is 9.88 Å². The van der Waals surface area contributed by atoms with Gasteiger partial charge in [-0.15, -0.1) is 35.9 Å². The van der Waals surface area contributed by atoms with Gasteiger partial charge in [0, 0.05) is 36.0 Å². The average molecular weight is 524 g/mol. The maximum atomic E-state index is 13.5. The van der Waals surface area contributed by atoms with E-state index in [-0.39, 0.29) is 18.3 Å². The number of carbonyl (C=O) groups is 1. The van der Waals surface area contributed by atoms with E-state index < -0.39 is 0 Å². The summed E-state index contributed by atoms with van der Waals surface area (Å²) in [6.45, 7) is 6.95. The second-order valence-electron chi connectivity index (χ2n) is 7.56. The van der Waals surface area contributed by atoms with Crippen LogP contribution < -0.4 is 4.90 Å². The monoisotopic (exact) mass is 523 g/mol. The van der Waals surface area contributed by atoms with E-state index in [0.29, 0.717) is 13.0 Å². The minimum Gasteiger partial charge on any atom is -0.379 e. The Hall–Kier alpha value is -1.29. The second kappa shape index (κ2) is 13.0. The number of para-hydroxylation sites is 1. The molecule has 4 rings (SSSR count). The molecule has 5 nitrogen and oxygen atoms in total. The average Bonchev–Trinajstić information content (AvgIpc) is 3.25. The van der Waals surface area contributed by atoms with E-state index in [2.05, 4.69) is 60.5 Å². The van der Waals surface area contributed by atoms with Crippen LogP contribution >= 0.6 is 47.3 Å². The van der Waals surface area contributed by atoms with E-state index in [1.54, 1.807) is 23.1 Å². The highest BCUT2D eigenvalue weighted by molar-refractivity contribution is 7.99. The number of hydrogen-bond donors (Lipinski definition) is 0. The van der Waals surface area contributed by atoms with E-state index in [9.17, 15) is 4.79 Å². The Morgan fingerprint density at radius 2 is 1.94 bits per heavy atom. The Bertz CT molecular complexity index is 1040. The number of morpholine rings is 1. The number of thioether (sulfide) groups is 2. The number of hydrogen-bond acceptors (Lipinski definition) is 7. The summed E-state index contributed by atoms with van der Waals surface area (Å²) in [6.07, 6.45) is 2.45. The number of benzene rings is 2. The molecule has 1 saturated heterocycles. The number of anilines is 1. The van der Waals surface area contributed by atoms with E-state index >= 15 is 0 Å². The molecule has 0 spiro atoms. The van der Waals surface area contributed by atoms with Gasteiger partial charge >= 0.3 is 0 Å². The van der Waals surface area contributed by atoms with Gasteiger partial charge < -0.3 is 4.74 Å². The van der Waals surface area contributed by atoms with Crippen molar-refractivity contribution in [2.75, 3.05) is 56.3 Å². The molecule has 0 atom stereocenters. The van der Waals surface area contributed by atoms with Crippen molar-refractivity contribution in [3.63, 3.8) is 0 Å².